The molecular weight excluding hydrogens is 326 g/mol. The van der Waals surface area contributed by atoms with Crippen LogP contribution in [0.5, 0.6) is 0 Å². The maximum Gasteiger partial charge on any atom is 0.197 e. The number of aromatic amines is 1. The zero-order valence-electron chi connectivity index (χ0n) is 13.5. The summed E-state index contributed by atoms with van der Waals surface area (Å²) < 4.78 is 2.56. The standard InChI is InChI=1S/C21H17N3S/c25-21-22-19(16-10-4-1-5-11-16)20(17-12-6-2-7-13-17)24(21)23-18-14-8-3-9-15-18/h1-15,23H,(H,22,25). The molecule has 2 N–H and O–H groups in total. The van der Waals surface area contributed by atoms with E-state index in [1.165, 1.54) is 0 Å². The van der Waals surface area contributed by atoms with Crippen LogP contribution in [-0.4, -0.2) is 9.66 Å². The van der Waals surface area contributed by atoms with Crippen molar-refractivity contribution in [3.05, 3.63) is 95.8 Å². The molecule has 4 aromatic rings. The Labute approximate surface area is 151 Å². The fourth-order valence-corrected chi connectivity index (χ4v) is 3.11. The molecule has 3 aromatic carbocycles. The lowest BCUT2D eigenvalue weighted by molar-refractivity contribution is 0.942. The lowest BCUT2D eigenvalue weighted by atomic mass is 10.1. The first-order valence-corrected chi connectivity index (χ1v) is 8.52. The predicted molar refractivity (Wildman–Crippen MR) is 106 cm³/mol. The first-order chi connectivity index (χ1) is 12.3. The second-order valence-corrected chi connectivity index (χ2v) is 6.09. The largest absolute Gasteiger partial charge is 0.329 e. The van der Waals surface area contributed by atoms with Crippen LogP contribution in [0.1, 0.15) is 0 Å². The maximum absolute atomic E-state index is 5.60. The molecule has 0 radical (unpaired) electrons. The van der Waals surface area contributed by atoms with Crippen molar-refractivity contribution < 1.29 is 0 Å². The number of hydrogen-bond donors (Lipinski definition) is 2. The Morgan fingerprint density at radius 2 is 1.20 bits per heavy atom. The van der Waals surface area contributed by atoms with Gasteiger partial charge in [0.15, 0.2) is 4.77 Å². The highest BCUT2D eigenvalue weighted by atomic mass is 32.1. The molecule has 25 heavy (non-hydrogen) atoms. The predicted octanol–water partition coefficient (Wildman–Crippen LogP) is 5.75. The van der Waals surface area contributed by atoms with E-state index in [9.17, 15) is 0 Å². The molecule has 0 bridgehead atoms. The number of anilines is 1. The van der Waals surface area contributed by atoms with Crippen LogP contribution < -0.4 is 5.43 Å². The molecule has 0 aliphatic rings. The third kappa shape index (κ3) is 3.12. The quantitative estimate of drug-likeness (QED) is 0.462. The first-order valence-electron chi connectivity index (χ1n) is 8.11. The maximum atomic E-state index is 5.60. The number of benzene rings is 3. The molecule has 0 amide bonds. The summed E-state index contributed by atoms with van der Waals surface area (Å²) in [6, 6.07) is 30.5. The number of para-hydroxylation sites is 1. The van der Waals surface area contributed by atoms with E-state index in [0.29, 0.717) is 4.77 Å². The summed E-state index contributed by atoms with van der Waals surface area (Å²) in [5.41, 5.74) is 8.60. The summed E-state index contributed by atoms with van der Waals surface area (Å²) in [6.07, 6.45) is 0. The minimum Gasteiger partial charge on any atom is -0.329 e. The number of nitrogens with zero attached hydrogens (tertiary/aromatic N) is 1. The molecule has 0 atom stereocenters. The van der Waals surface area contributed by atoms with Gasteiger partial charge in [0.2, 0.25) is 0 Å². The Morgan fingerprint density at radius 1 is 0.680 bits per heavy atom. The number of nitrogens with one attached hydrogen (secondary N) is 2. The molecule has 1 aromatic heterocycles. The molecular formula is C21H17N3S. The highest BCUT2D eigenvalue weighted by Gasteiger charge is 2.16. The number of H-pyrrole nitrogens is 1. The van der Waals surface area contributed by atoms with Gasteiger partial charge in [-0.1, -0.05) is 78.9 Å². The fraction of sp³-hybridized carbons (Fsp3) is 0. The molecule has 4 heteroatoms. The van der Waals surface area contributed by atoms with E-state index in [-0.39, 0.29) is 0 Å². The van der Waals surface area contributed by atoms with Gasteiger partial charge in [0.05, 0.1) is 17.1 Å². The SMILES string of the molecule is S=c1[nH]c(-c2ccccc2)c(-c2ccccc2)n1Nc1ccccc1. The Balaban J connectivity index is 1.92. The Bertz CT molecular complexity index is 1020. The van der Waals surface area contributed by atoms with Crippen LogP contribution in [0.2, 0.25) is 0 Å². The zero-order chi connectivity index (χ0) is 17.1. The Kier molecular flexibility index (Phi) is 4.19. The van der Waals surface area contributed by atoms with Gasteiger partial charge in [-0.2, -0.15) is 0 Å². The van der Waals surface area contributed by atoms with Crippen molar-refractivity contribution in [2.45, 2.75) is 0 Å². The number of rotatable bonds is 4. The van der Waals surface area contributed by atoms with Crippen molar-refractivity contribution in [1.29, 1.82) is 0 Å². The Hall–Kier alpha value is -3.11. The molecule has 3 nitrogen and oxygen atoms in total. The van der Waals surface area contributed by atoms with Gasteiger partial charge in [0.1, 0.15) is 0 Å². The normalized spacial score (nSPS) is 10.6. The van der Waals surface area contributed by atoms with E-state index in [4.69, 9.17) is 12.2 Å². The van der Waals surface area contributed by atoms with Crippen LogP contribution in [-0.2, 0) is 0 Å². The fourth-order valence-electron chi connectivity index (χ4n) is 2.87. The molecule has 0 saturated carbocycles. The van der Waals surface area contributed by atoms with Gasteiger partial charge in [-0.15, -0.1) is 0 Å². The van der Waals surface area contributed by atoms with Crippen LogP contribution in [0, 0.1) is 4.77 Å². The van der Waals surface area contributed by atoms with Gasteiger partial charge < -0.3 is 4.98 Å². The van der Waals surface area contributed by atoms with Gasteiger partial charge in [-0.05, 0) is 24.4 Å². The summed E-state index contributed by atoms with van der Waals surface area (Å²) in [5, 5.41) is 0. The number of hydrogen-bond acceptors (Lipinski definition) is 2. The molecule has 0 fully saturated rings. The smallest absolute Gasteiger partial charge is 0.197 e. The topological polar surface area (TPSA) is 32.8 Å². The average Bonchev–Trinajstić information content (AvgIpc) is 3.00. The molecule has 0 saturated heterocycles. The second kappa shape index (κ2) is 6.79. The van der Waals surface area contributed by atoms with E-state index in [1.54, 1.807) is 0 Å². The van der Waals surface area contributed by atoms with Crippen molar-refractivity contribution in [3.63, 3.8) is 0 Å². The number of aromatic nitrogens is 2. The van der Waals surface area contributed by atoms with Crippen LogP contribution in [0.3, 0.4) is 0 Å². The van der Waals surface area contributed by atoms with Crippen molar-refractivity contribution >= 4 is 17.9 Å². The second-order valence-electron chi connectivity index (χ2n) is 5.70. The van der Waals surface area contributed by atoms with Crippen molar-refractivity contribution in [2.24, 2.45) is 0 Å². The average molecular weight is 343 g/mol. The summed E-state index contributed by atoms with van der Waals surface area (Å²) in [6.45, 7) is 0. The minimum absolute atomic E-state index is 0.626. The van der Waals surface area contributed by atoms with E-state index in [2.05, 4.69) is 34.7 Å². The number of imidazole rings is 1. The molecule has 1 heterocycles. The van der Waals surface area contributed by atoms with Crippen molar-refractivity contribution in [2.75, 3.05) is 5.43 Å². The van der Waals surface area contributed by atoms with E-state index < -0.39 is 0 Å². The zero-order valence-corrected chi connectivity index (χ0v) is 14.3. The van der Waals surface area contributed by atoms with Crippen molar-refractivity contribution in [1.82, 2.24) is 9.66 Å². The third-order valence-corrected chi connectivity index (χ3v) is 4.30. The van der Waals surface area contributed by atoms with Gasteiger partial charge in [0, 0.05) is 11.1 Å². The lowest BCUT2D eigenvalue weighted by Crippen LogP contribution is -2.10. The monoisotopic (exact) mass is 343 g/mol. The molecule has 0 aliphatic heterocycles. The highest BCUT2D eigenvalue weighted by molar-refractivity contribution is 7.71. The van der Waals surface area contributed by atoms with Gasteiger partial charge in [0.25, 0.3) is 0 Å². The minimum atomic E-state index is 0.626. The van der Waals surface area contributed by atoms with Crippen LogP contribution in [0.15, 0.2) is 91.0 Å². The van der Waals surface area contributed by atoms with Crippen molar-refractivity contribution in [3.8, 4) is 22.5 Å². The summed E-state index contributed by atoms with van der Waals surface area (Å²) >= 11 is 5.60. The highest BCUT2D eigenvalue weighted by Crippen LogP contribution is 2.31. The van der Waals surface area contributed by atoms with Gasteiger partial charge in [-0.25, -0.2) is 4.68 Å². The Morgan fingerprint density at radius 3 is 1.80 bits per heavy atom. The molecule has 4 rings (SSSR count). The van der Waals surface area contributed by atoms with Gasteiger partial charge >= 0.3 is 0 Å². The summed E-state index contributed by atoms with van der Waals surface area (Å²) in [4.78, 5) is 3.36. The van der Waals surface area contributed by atoms with Crippen LogP contribution in [0.25, 0.3) is 22.5 Å². The van der Waals surface area contributed by atoms with Crippen LogP contribution >= 0.6 is 12.2 Å². The molecule has 0 unspecified atom stereocenters. The van der Waals surface area contributed by atoms with E-state index >= 15 is 0 Å². The third-order valence-electron chi connectivity index (χ3n) is 4.02. The molecule has 0 spiro atoms. The van der Waals surface area contributed by atoms with E-state index in [0.717, 1.165) is 28.2 Å². The van der Waals surface area contributed by atoms with Gasteiger partial charge in [-0.3, -0.25) is 5.43 Å². The van der Waals surface area contributed by atoms with E-state index in [1.807, 2.05) is 71.4 Å². The summed E-state index contributed by atoms with van der Waals surface area (Å²) in [5.74, 6) is 0. The molecule has 122 valence electrons. The lowest BCUT2D eigenvalue weighted by Gasteiger charge is -2.13. The van der Waals surface area contributed by atoms with Crippen LogP contribution in [0.4, 0.5) is 5.69 Å². The first kappa shape index (κ1) is 15.4. The summed E-state index contributed by atoms with van der Waals surface area (Å²) in [7, 11) is 0. The molecule has 0 aliphatic carbocycles.